The minimum absolute atomic E-state index is 0.538. The van der Waals surface area contributed by atoms with E-state index in [1.54, 1.807) is 44.9 Å². The van der Waals surface area contributed by atoms with Gasteiger partial charge in [0.05, 0.1) is 20.5 Å². The third-order valence-corrected chi connectivity index (χ3v) is 3.94. The Bertz CT molecular complexity index is 929. The van der Waals surface area contributed by atoms with Crippen molar-refractivity contribution in [3.8, 4) is 17.2 Å². The van der Waals surface area contributed by atoms with Crippen molar-refractivity contribution in [3.63, 3.8) is 0 Å². The van der Waals surface area contributed by atoms with E-state index in [-0.39, 0.29) is 0 Å². The van der Waals surface area contributed by atoms with E-state index >= 15 is 0 Å². The lowest BCUT2D eigenvalue weighted by Crippen LogP contribution is -1.98. The lowest BCUT2D eigenvalue weighted by molar-refractivity contribution is -0.131. The molecule has 1 N–H and O–H groups in total. The molecule has 26 heavy (non-hydrogen) atoms. The predicted molar refractivity (Wildman–Crippen MR) is 97.8 cm³/mol. The number of hydrogen-bond donors (Lipinski definition) is 1. The van der Waals surface area contributed by atoms with E-state index in [2.05, 4.69) is 4.98 Å². The maximum atomic E-state index is 11.3. The van der Waals surface area contributed by atoms with Crippen LogP contribution in [-0.2, 0) is 4.79 Å². The van der Waals surface area contributed by atoms with Crippen LogP contribution >= 0.6 is 0 Å². The van der Waals surface area contributed by atoms with Crippen molar-refractivity contribution in [2.75, 3.05) is 14.2 Å². The molecular weight excluding hydrogens is 332 g/mol. The SMILES string of the molecule is COc1ccc(C(=CC(=O)O)c2ccc(-n3ccnc3)cc2)cc1OC. The number of rotatable bonds is 6. The molecule has 1 heterocycles. The molecule has 0 saturated heterocycles. The van der Waals surface area contributed by atoms with Crippen molar-refractivity contribution in [1.82, 2.24) is 9.55 Å². The fourth-order valence-electron chi connectivity index (χ4n) is 2.69. The standard InChI is InChI=1S/C20H18N2O4/c1-25-18-8-5-15(11-19(18)26-2)17(12-20(23)24)14-3-6-16(7-4-14)22-10-9-21-13-22/h3-13H,1-2H3,(H,23,24). The van der Waals surface area contributed by atoms with Crippen molar-refractivity contribution in [3.05, 3.63) is 78.4 Å². The molecule has 6 heteroatoms. The number of imidazole rings is 1. The van der Waals surface area contributed by atoms with Gasteiger partial charge in [0.15, 0.2) is 11.5 Å². The van der Waals surface area contributed by atoms with E-state index in [0.29, 0.717) is 17.1 Å². The summed E-state index contributed by atoms with van der Waals surface area (Å²) in [5.41, 5.74) is 3.02. The van der Waals surface area contributed by atoms with E-state index in [1.807, 2.05) is 35.0 Å². The summed E-state index contributed by atoms with van der Waals surface area (Å²) in [5.74, 6) is 0.103. The molecule has 0 aliphatic rings. The molecule has 0 spiro atoms. The van der Waals surface area contributed by atoms with Crippen molar-refractivity contribution in [1.29, 1.82) is 0 Å². The van der Waals surface area contributed by atoms with Gasteiger partial charge < -0.3 is 19.1 Å². The number of aliphatic carboxylic acids is 1. The van der Waals surface area contributed by atoms with Crippen LogP contribution in [0.2, 0.25) is 0 Å². The monoisotopic (exact) mass is 350 g/mol. The molecule has 0 bridgehead atoms. The molecule has 3 aromatic rings. The summed E-state index contributed by atoms with van der Waals surface area (Å²) in [4.78, 5) is 15.4. The Morgan fingerprint density at radius 1 is 1.04 bits per heavy atom. The first-order chi connectivity index (χ1) is 12.6. The van der Waals surface area contributed by atoms with Gasteiger partial charge in [0, 0.05) is 24.2 Å². The number of benzene rings is 2. The fourth-order valence-corrected chi connectivity index (χ4v) is 2.69. The highest BCUT2D eigenvalue weighted by molar-refractivity contribution is 5.95. The Hall–Kier alpha value is -3.54. The van der Waals surface area contributed by atoms with Crippen LogP contribution in [0.5, 0.6) is 11.5 Å². The van der Waals surface area contributed by atoms with Crippen molar-refractivity contribution in [2.24, 2.45) is 0 Å². The fraction of sp³-hybridized carbons (Fsp3) is 0.100. The second kappa shape index (κ2) is 7.57. The van der Waals surface area contributed by atoms with Gasteiger partial charge in [0.2, 0.25) is 0 Å². The molecule has 3 rings (SSSR count). The minimum atomic E-state index is -1.02. The van der Waals surface area contributed by atoms with Gasteiger partial charge in [-0.15, -0.1) is 0 Å². The van der Waals surface area contributed by atoms with E-state index in [4.69, 9.17) is 9.47 Å². The molecular formula is C20H18N2O4. The Kier molecular flexibility index (Phi) is 5.03. The Balaban J connectivity index is 2.03. The third kappa shape index (κ3) is 3.59. The summed E-state index contributed by atoms with van der Waals surface area (Å²) in [6.07, 6.45) is 6.44. The lowest BCUT2D eigenvalue weighted by Gasteiger charge is -2.13. The molecule has 0 aliphatic carbocycles. The molecule has 0 radical (unpaired) electrons. The summed E-state index contributed by atoms with van der Waals surface area (Å²) in [6, 6.07) is 12.9. The van der Waals surface area contributed by atoms with Gasteiger partial charge in [-0.1, -0.05) is 18.2 Å². The van der Waals surface area contributed by atoms with Gasteiger partial charge in [-0.25, -0.2) is 9.78 Å². The van der Waals surface area contributed by atoms with E-state index in [9.17, 15) is 9.90 Å². The smallest absolute Gasteiger partial charge is 0.328 e. The molecule has 0 fully saturated rings. The highest BCUT2D eigenvalue weighted by Crippen LogP contribution is 2.33. The number of ether oxygens (including phenoxy) is 2. The second-order valence-electron chi connectivity index (χ2n) is 5.48. The molecule has 1 aromatic heterocycles. The first-order valence-electron chi connectivity index (χ1n) is 7.88. The van der Waals surface area contributed by atoms with Gasteiger partial charge >= 0.3 is 5.97 Å². The summed E-state index contributed by atoms with van der Waals surface area (Å²) < 4.78 is 12.4. The zero-order chi connectivity index (χ0) is 18.5. The summed E-state index contributed by atoms with van der Waals surface area (Å²) in [7, 11) is 3.10. The molecule has 132 valence electrons. The van der Waals surface area contributed by atoms with Gasteiger partial charge in [-0.2, -0.15) is 0 Å². The first kappa shape index (κ1) is 17.3. The molecule has 0 saturated carbocycles. The normalized spacial score (nSPS) is 11.2. The third-order valence-electron chi connectivity index (χ3n) is 3.94. The molecule has 0 aliphatic heterocycles. The van der Waals surface area contributed by atoms with Crippen LogP contribution in [0.25, 0.3) is 11.3 Å². The Morgan fingerprint density at radius 2 is 1.73 bits per heavy atom. The van der Waals surface area contributed by atoms with Crippen molar-refractivity contribution in [2.45, 2.75) is 0 Å². The van der Waals surface area contributed by atoms with Gasteiger partial charge in [-0.3, -0.25) is 0 Å². The molecule has 6 nitrogen and oxygen atoms in total. The predicted octanol–water partition coefficient (Wildman–Crippen LogP) is 3.41. The highest BCUT2D eigenvalue weighted by atomic mass is 16.5. The lowest BCUT2D eigenvalue weighted by atomic mass is 9.97. The molecule has 0 unspecified atom stereocenters. The molecule has 2 aromatic carbocycles. The van der Waals surface area contributed by atoms with Gasteiger partial charge in [0.1, 0.15) is 0 Å². The molecule has 0 amide bonds. The van der Waals surface area contributed by atoms with Crippen LogP contribution in [0.4, 0.5) is 0 Å². The average Bonchev–Trinajstić information content (AvgIpc) is 3.20. The van der Waals surface area contributed by atoms with Crippen LogP contribution in [0.3, 0.4) is 0 Å². The number of methoxy groups -OCH3 is 2. The van der Waals surface area contributed by atoms with Crippen LogP contribution in [0.15, 0.2) is 67.3 Å². The first-order valence-corrected chi connectivity index (χ1v) is 7.88. The van der Waals surface area contributed by atoms with Gasteiger partial charge in [0.25, 0.3) is 0 Å². The average molecular weight is 350 g/mol. The van der Waals surface area contributed by atoms with E-state index in [1.165, 1.54) is 6.08 Å². The molecule has 0 atom stereocenters. The minimum Gasteiger partial charge on any atom is -0.493 e. The number of aromatic nitrogens is 2. The number of carbonyl (C=O) groups is 1. The van der Waals surface area contributed by atoms with Crippen molar-refractivity contribution >= 4 is 11.5 Å². The number of carboxylic acids is 1. The Morgan fingerprint density at radius 3 is 2.31 bits per heavy atom. The highest BCUT2D eigenvalue weighted by Gasteiger charge is 2.12. The van der Waals surface area contributed by atoms with Crippen molar-refractivity contribution < 1.29 is 19.4 Å². The number of carboxylic acid groups (broad SMARTS) is 1. The summed E-state index contributed by atoms with van der Waals surface area (Å²) >= 11 is 0. The zero-order valence-corrected chi connectivity index (χ0v) is 14.4. The van der Waals surface area contributed by atoms with Gasteiger partial charge in [-0.05, 0) is 41.0 Å². The number of hydrogen-bond acceptors (Lipinski definition) is 4. The Labute approximate surface area is 151 Å². The summed E-state index contributed by atoms with van der Waals surface area (Å²) in [6.45, 7) is 0. The maximum absolute atomic E-state index is 11.3. The summed E-state index contributed by atoms with van der Waals surface area (Å²) in [5, 5.41) is 9.29. The van der Waals surface area contributed by atoms with E-state index in [0.717, 1.165) is 16.8 Å². The van der Waals surface area contributed by atoms with Crippen LogP contribution in [0, 0.1) is 0 Å². The maximum Gasteiger partial charge on any atom is 0.328 e. The topological polar surface area (TPSA) is 73.6 Å². The van der Waals surface area contributed by atoms with Crippen LogP contribution in [0.1, 0.15) is 11.1 Å². The van der Waals surface area contributed by atoms with Crippen LogP contribution in [-0.4, -0.2) is 34.8 Å². The quantitative estimate of drug-likeness (QED) is 0.690. The number of nitrogens with zero attached hydrogens (tertiary/aromatic N) is 2. The van der Waals surface area contributed by atoms with Crippen LogP contribution < -0.4 is 9.47 Å². The second-order valence-corrected chi connectivity index (χ2v) is 5.48. The zero-order valence-electron chi connectivity index (χ0n) is 14.4. The van der Waals surface area contributed by atoms with E-state index < -0.39 is 5.97 Å². The largest absolute Gasteiger partial charge is 0.493 e.